The molecule has 2 aromatic heterocycles. The van der Waals surface area contributed by atoms with Crippen LogP contribution in [0.25, 0.3) is 5.52 Å². The number of alkyl halides is 1. The van der Waals surface area contributed by atoms with Crippen molar-refractivity contribution in [3.8, 4) is 0 Å². The third kappa shape index (κ3) is 6.47. The van der Waals surface area contributed by atoms with E-state index in [-0.39, 0.29) is 5.92 Å². The van der Waals surface area contributed by atoms with Crippen molar-refractivity contribution >= 4 is 11.2 Å². The fraction of sp³-hybridized carbons (Fsp3) is 0.607. The SMILES string of the molecule is C=CCCN(C=C)c1cnn2ccc(CC3CCN(CC4CC(C)C(F)C4)CC3)cc12.CC. The number of anilines is 1. The van der Waals surface area contributed by atoms with Crippen molar-refractivity contribution in [3.05, 3.63) is 55.5 Å². The van der Waals surface area contributed by atoms with Gasteiger partial charge in [-0.2, -0.15) is 5.10 Å². The van der Waals surface area contributed by atoms with Crippen LogP contribution in [0.1, 0.15) is 58.4 Å². The summed E-state index contributed by atoms with van der Waals surface area (Å²) < 4.78 is 15.8. The molecule has 0 aromatic carbocycles. The molecule has 2 aliphatic rings. The van der Waals surface area contributed by atoms with Gasteiger partial charge in [0.25, 0.3) is 0 Å². The van der Waals surface area contributed by atoms with Gasteiger partial charge in [0.05, 0.1) is 17.4 Å². The van der Waals surface area contributed by atoms with E-state index in [1.807, 2.05) is 36.8 Å². The predicted molar refractivity (Wildman–Crippen MR) is 139 cm³/mol. The maximum atomic E-state index is 13.8. The quantitative estimate of drug-likeness (QED) is 0.403. The van der Waals surface area contributed by atoms with Gasteiger partial charge in [0.2, 0.25) is 0 Å². The Morgan fingerprint density at radius 1 is 1.18 bits per heavy atom. The fourth-order valence-electron chi connectivity index (χ4n) is 5.44. The first-order chi connectivity index (χ1) is 16.1. The van der Waals surface area contributed by atoms with Gasteiger partial charge in [0, 0.05) is 19.3 Å². The number of hydrogen-bond acceptors (Lipinski definition) is 3. The number of fused-ring (bicyclic) bond motifs is 1. The highest BCUT2D eigenvalue weighted by Crippen LogP contribution is 2.34. The minimum Gasteiger partial charge on any atom is -0.345 e. The Hall–Kier alpha value is -2.14. The largest absolute Gasteiger partial charge is 0.345 e. The van der Waals surface area contributed by atoms with Crippen molar-refractivity contribution in [2.45, 2.75) is 65.5 Å². The molecule has 33 heavy (non-hydrogen) atoms. The zero-order valence-electron chi connectivity index (χ0n) is 20.9. The zero-order chi connectivity index (χ0) is 23.8. The molecule has 3 unspecified atom stereocenters. The van der Waals surface area contributed by atoms with Crippen LogP contribution in [-0.4, -0.2) is 46.9 Å². The molecule has 5 heteroatoms. The number of nitrogens with zero attached hydrogens (tertiary/aromatic N) is 4. The lowest BCUT2D eigenvalue weighted by Crippen LogP contribution is -2.37. The molecule has 3 atom stereocenters. The van der Waals surface area contributed by atoms with E-state index in [4.69, 9.17) is 0 Å². The highest BCUT2D eigenvalue weighted by Gasteiger charge is 2.32. The average molecular weight is 455 g/mol. The summed E-state index contributed by atoms with van der Waals surface area (Å²) >= 11 is 0. The average Bonchev–Trinajstić information content (AvgIpc) is 3.39. The number of pyridine rings is 1. The van der Waals surface area contributed by atoms with E-state index in [2.05, 4.69) is 53.3 Å². The van der Waals surface area contributed by atoms with Crippen LogP contribution in [0.2, 0.25) is 0 Å². The number of hydrogen-bond donors (Lipinski definition) is 0. The van der Waals surface area contributed by atoms with Crippen LogP contribution in [0.15, 0.2) is 50.0 Å². The summed E-state index contributed by atoms with van der Waals surface area (Å²) in [4.78, 5) is 4.73. The smallest absolute Gasteiger partial charge is 0.103 e. The zero-order valence-corrected chi connectivity index (χ0v) is 20.9. The van der Waals surface area contributed by atoms with Gasteiger partial charge in [0.1, 0.15) is 6.17 Å². The Bertz CT molecular complexity index is 873. The summed E-state index contributed by atoms with van der Waals surface area (Å²) in [6.07, 6.45) is 13.5. The minimum absolute atomic E-state index is 0.250. The van der Waals surface area contributed by atoms with Crippen LogP contribution in [0.5, 0.6) is 0 Å². The summed E-state index contributed by atoms with van der Waals surface area (Å²) in [5.74, 6) is 1.52. The normalized spacial score (nSPS) is 23.8. The Kier molecular flexibility index (Phi) is 9.54. The molecular formula is C28H43FN4. The second kappa shape index (κ2) is 12.4. The Morgan fingerprint density at radius 2 is 1.94 bits per heavy atom. The number of rotatable bonds is 9. The van der Waals surface area contributed by atoms with Gasteiger partial charge in [-0.3, -0.25) is 0 Å². The van der Waals surface area contributed by atoms with Crippen molar-refractivity contribution in [2.24, 2.45) is 17.8 Å². The second-order valence-corrected chi connectivity index (χ2v) is 9.63. The minimum atomic E-state index is -0.584. The molecule has 3 heterocycles. The van der Waals surface area contributed by atoms with Gasteiger partial charge in [-0.05, 0) is 93.3 Å². The molecule has 1 aliphatic heterocycles. The van der Waals surface area contributed by atoms with Gasteiger partial charge in [-0.1, -0.05) is 33.4 Å². The molecular weight excluding hydrogens is 411 g/mol. The van der Waals surface area contributed by atoms with Crippen LogP contribution in [0.4, 0.5) is 10.1 Å². The topological polar surface area (TPSA) is 23.8 Å². The Labute approximate surface area is 200 Å². The van der Waals surface area contributed by atoms with E-state index in [1.165, 1.54) is 18.4 Å². The van der Waals surface area contributed by atoms with Crippen molar-refractivity contribution in [1.29, 1.82) is 0 Å². The van der Waals surface area contributed by atoms with Crippen LogP contribution >= 0.6 is 0 Å². The first-order valence-electron chi connectivity index (χ1n) is 12.9. The molecule has 0 amide bonds. The predicted octanol–water partition coefficient (Wildman–Crippen LogP) is 6.53. The molecule has 182 valence electrons. The Morgan fingerprint density at radius 3 is 2.58 bits per heavy atom. The van der Waals surface area contributed by atoms with Crippen LogP contribution in [-0.2, 0) is 6.42 Å². The molecule has 0 radical (unpaired) electrons. The van der Waals surface area contributed by atoms with E-state index in [0.29, 0.717) is 5.92 Å². The van der Waals surface area contributed by atoms with Crippen LogP contribution in [0.3, 0.4) is 0 Å². The van der Waals surface area contributed by atoms with E-state index in [1.54, 1.807) is 0 Å². The van der Waals surface area contributed by atoms with Gasteiger partial charge in [-0.15, -0.1) is 6.58 Å². The van der Waals surface area contributed by atoms with E-state index in [0.717, 1.165) is 69.0 Å². The van der Waals surface area contributed by atoms with Crippen molar-refractivity contribution in [3.63, 3.8) is 0 Å². The van der Waals surface area contributed by atoms with Crippen molar-refractivity contribution in [2.75, 3.05) is 31.1 Å². The molecule has 4 nitrogen and oxygen atoms in total. The summed E-state index contributed by atoms with van der Waals surface area (Å²) in [6.45, 7) is 18.1. The highest BCUT2D eigenvalue weighted by atomic mass is 19.1. The summed E-state index contributed by atoms with van der Waals surface area (Å²) in [5.41, 5.74) is 3.62. The maximum absolute atomic E-state index is 13.8. The lowest BCUT2D eigenvalue weighted by atomic mass is 9.90. The van der Waals surface area contributed by atoms with Gasteiger partial charge in [-0.25, -0.2) is 8.91 Å². The van der Waals surface area contributed by atoms with Gasteiger partial charge >= 0.3 is 0 Å². The highest BCUT2D eigenvalue weighted by molar-refractivity contribution is 5.74. The summed E-state index contributed by atoms with van der Waals surface area (Å²) in [5, 5.41) is 4.52. The molecule has 0 N–H and O–H groups in total. The number of likely N-dealkylation sites (tertiary alicyclic amines) is 1. The molecule has 0 spiro atoms. The number of aromatic nitrogens is 2. The first-order valence-corrected chi connectivity index (χ1v) is 12.9. The van der Waals surface area contributed by atoms with E-state index in [9.17, 15) is 4.39 Å². The standard InChI is InChI=1S/C26H37FN4.C2H6/c1-4-6-10-30(5-2)26-18-28-31-13-9-22(17-25(26)31)15-21-7-11-29(12-8-21)19-23-14-20(3)24(27)16-23;1-2/h4-5,9,13,17-18,20-21,23-24H,1-2,6-8,10-12,14-16,19H2,3H3;1-2H3. The third-order valence-electron chi connectivity index (χ3n) is 7.30. The monoisotopic (exact) mass is 454 g/mol. The van der Waals surface area contributed by atoms with E-state index < -0.39 is 6.17 Å². The molecule has 1 aliphatic carbocycles. The van der Waals surface area contributed by atoms with Crippen molar-refractivity contribution in [1.82, 2.24) is 14.5 Å². The summed E-state index contributed by atoms with van der Waals surface area (Å²) in [7, 11) is 0. The third-order valence-corrected chi connectivity index (χ3v) is 7.30. The van der Waals surface area contributed by atoms with E-state index >= 15 is 0 Å². The van der Waals surface area contributed by atoms with Gasteiger partial charge in [0.15, 0.2) is 0 Å². The molecule has 1 saturated heterocycles. The maximum Gasteiger partial charge on any atom is 0.103 e. The molecule has 2 aromatic rings. The molecule has 0 bridgehead atoms. The fourth-order valence-corrected chi connectivity index (χ4v) is 5.44. The first kappa shape index (κ1) is 25.5. The molecule has 2 fully saturated rings. The van der Waals surface area contributed by atoms with Crippen LogP contribution in [0, 0.1) is 17.8 Å². The molecule has 1 saturated carbocycles. The Balaban J connectivity index is 0.00000149. The second-order valence-electron chi connectivity index (χ2n) is 9.63. The lowest BCUT2D eigenvalue weighted by Gasteiger charge is -2.33. The van der Waals surface area contributed by atoms with Crippen molar-refractivity contribution < 1.29 is 4.39 Å². The van der Waals surface area contributed by atoms with Crippen LogP contribution < -0.4 is 4.90 Å². The number of halogens is 1. The molecule has 4 rings (SSSR count). The summed E-state index contributed by atoms with van der Waals surface area (Å²) in [6, 6.07) is 4.50. The lowest BCUT2D eigenvalue weighted by molar-refractivity contribution is 0.158. The van der Waals surface area contributed by atoms with Gasteiger partial charge < -0.3 is 9.80 Å². The number of piperidine rings is 1.